The molecular formula is C23H22N2O4. The molecule has 0 unspecified atom stereocenters. The molecule has 0 aromatic heterocycles. The van der Waals surface area contributed by atoms with E-state index in [1.807, 2.05) is 13.0 Å². The van der Waals surface area contributed by atoms with Crippen molar-refractivity contribution in [2.45, 2.75) is 19.8 Å². The number of hydrogen-bond donors (Lipinski definition) is 1. The van der Waals surface area contributed by atoms with E-state index in [9.17, 15) is 14.4 Å². The van der Waals surface area contributed by atoms with Crippen LogP contribution in [-0.2, 0) is 9.59 Å². The lowest BCUT2D eigenvalue weighted by molar-refractivity contribution is -0.122. The lowest BCUT2D eigenvalue weighted by Crippen LogP contribution is -2.31. The first-order chi connectivity index (χ1) is 14.0. The zero-order valence-corrected chi connectivity index (χ0v) is 16.3. The normalized spacial score (nSPS) is 20.9. The van der Waals surface area contributed by atoms with Crippen LogP contribution in [0, 0.1) is 11.8 Å². The number of fused-ring (bicyclic) bond motifs is 1. The van der Waals surface area contributed by atoms with Gasteiger partial charge in [-0.25, -0.2) is 0 Å². The summed E-state index contributed by atoms with van der Waals surface area (Å²) in [5, 5.41) is 2.81. The highest BCUT2D eigenvalue weighted by atomic mass is 16.5. The molecule has 29 heavy (non-hydrogen) atoms. The minimum atomic E-state index is -0.325. The van der Waals surface area contributed by atoms with Crippen molar-refractivity contribution in [1.29, 1.82) is 0 Å². The predicted molar refractivity (Wildman–Crippen MR) is 110 cm³/mol. The molecule has 1 saturated heterocycles. The van der Waals surface area contributed by atoms with Crippen LogP contribution in [-0.4, -0.2) is 24.8 Å². The molecule has 1 N–H and O–H groups in total. The topological polar surface area (TPSA) is 75.7 Å². The average Bonchev–Trinajstić information content (AvgIpc) is 2.98. The van der Waals surface area contributed by atoms with Crippen molar-refractivity contribution < 1.29 is 19.1 Å². The molecule has 0 saturated carbocycles. The molecule has 1 aliphatic heterocycles. The fraction of sp³-hybridized carbons (Fsp3) is 0.261. The van der Waals surface area contributed by atoms with Crippen LogP contribution in [0.1, 0.15) is 30.1 Å². The van der Waals surface area contributed by atoms with E-state index in [4.69, 9.17) is 4.74 Å². The molecule has 1 fully saturated rings. The van der Waals surface area contributed by atoms with E-state index in [1.165, 1.54) is 4.90 Å². The molecular weight excluding hydrogens is 368 g/mol. The number of rotatable bonds is 4. The Balaban J connectivity index is 1.56. The molecule has 3 amide bonds. The van der Waals surface area contributed by atoms with Gasteiger partial charge < -0.3 is 10.1 Å². The highest BCUT2D eigenvalue weighted by molar-refractivity contribution is 6.22. The number of carbonyl (C=O) groups excluding carboxylic acids is 3. The van der Waals surface area contributed by atoms with Crippen LogP contribution in [0.2, 0.25) is 0 Å². The van der Waals surface area contributed by atoms with Crippen molar-refractivity contribution in [3.8, 4) is 5.75 Å². The van der Waals surface area contributed by atoms with Crippen LogP contribution < -0.4 is 15.0 Å². The van der Waals surface area contributed by atoms with Gasteiger partial charge in [0.05, 0.1) is 24.6 Å². The van der Waals surface area contributed by atoms with Crippen molar-refractivity contribution in [3.05, 3.63) is 65.7 Å². The first-order valence-corrected chi connectivity index (χ1v) is 9.57. The molecule has 2 aromatic carbocycles. The fourth-order valence-electron chi connectivity index (χ4n) is 3.98. The Morgan fingerprint density at radius 3 is 2.62 bits per heavy atom. The number of ether oxygens (including phenoxy) is 1. The van der Waals surface area contributed by atoms with Crippen LogP contribution >= 0.6 is 0 Å². The summed E-state index contributed by atoms with van der Waals surface area (Å²) in [5.41, 5.74) is 2.54. The van der Waals surface area contributed by atoms with E-state index in [-0.39, 0.29) is 29.6 Å². The third kappa shape index (κ3) is 3.53. The van der Waals surface area contributed by atoms with Gasteiger partial charge in [-0.2, -0.15) is 0 Å². The van der Waals surface area contributed by atoms with Gasteiger partial charge in [-0.3, -0.25) is 19.3 Å². The highest BCUT2D eigenvalue weighted by Crippen LogP contribution is 2.39. The summed E-state index contributed by atoms with van der Waals surface area (Å²) in [4.78, 5) is 39.7. The van der Waals surface area contributed by atoms with Gasteiger partial charge in [-0.1, -0.05) is 23.8 Å². The Kier molecular flexibility index (Phi) is 4.92. The zero-order chi connectivity index (χ0) is 20.5. The number of nitrogens with one attached hydrogen (secondary N) is 1. The second kappa shape index (κ2) is 7.54. The van der Waals surface area contributed by atoms with E-state index >= 15 is 0 Å². The van der Waals surface area contributed by atoms with Gasteiger partial charge in [0, 0.05) is 17.3 Å². The number of nitrogens with zero attached hydrogens (tertiary/aromatic N) is 1. The molecule has 6 heteroatoms. The lowest BCUT2D eigenvalue weighted by Gasteiger charge is -2.18. The van der Waals surface area contributed by atoms with E-state index in [1.54, 1.807) is 55.6 Å². The third-order valence-corrected chi connectivity index (χ3v) is 5.52. The molecule has 6 nitrogen and oxygen atoms in total. The van der Waals surface area contributed by atoms with Crippen LogP contribution in [0.5, 0.6) is 5.75 Å². The van der Waals surface area contributed by atoms with Crippen LogP contribution in [0.25, 0.3) is 0 Å². The molecule has 148 valence electrons. The monoisotopic (exact) mass is 390 g/mol. The molecule has 0 spiro atoms. The number of methoxy groups -OCH3 is 1. The van der Waals surface area contributed by atoms with Gasteiger partial charge in [0.25, 0.3) is 5.91 Å². The van der Waals surface area contributed by atoms with Crippen molar-refractivity contribution >= 4 is 29.1 Å². The quantitative estimate of drug-likeness (QED) is 0.637. The highest BCUT2D eigenvalue weighted by Gasteiger charge is 2.48. The standard InChI is InChI=1S/C23H22N2O4/c1-14-9-10-19-20(11-14)23(28)25(22(19)27)17-7-3-5-15(12-17)21(26)24-16-6-4-8-18(13-16)29-2/h3-9,12-13,19-20H,10-11H2,1-2H3,(H,24,26)/t19-,20+/m0/s1. The molecule has 2 atom stereocenters. The van der Waals surface area contributed by atoms with Gasteiger partial charge in [-0.05, 0) is 50.1 Å². The largest absolute Gasteiger partial charge is 0.497 e. The van der Waals surface area contributed by atoms with Crippen molar-refractivity contribution in [2.75, 3.05) is 17.3 Å². The minimum absolute atomic E-state index is 0.183. The summed E-state index contributed by atoms with van der Waals surface area (Å²) in [5.74, 6) is -0.667. The number of benzene rings is 2. The van der Waals surface area contributed by atoms with Crippen LogP contribution in [0.15, 0.2) is 60.2 Å². The van der Waals surface area contributed by atoms with E-state index in [0.29, 0.717) is 35.5 Å². The maximum Gasteiger partial charge on any atom is 0.255 e. The van der Waals surface area contributed by atoms with Crippen LogP contribution in [0.3, 0.4) is 0 Å². The Bertz CT molecular complexity index is 1030. The van der Waals surface area contributed by atoms with Crippen LogP contribution in [0.4, 0.5) is 11.4 Å². The third-order valence-electron chi connectivity index (χ3n) is 5.52. The second-order valence-electron chi connectivity index (χ2n) is 7.45. The maximum absolute atomic E-state index is 12.9. The predicted octanol–water partition coefficient (Wildman–Crippen LogP) is 3.79. The summed E-state index contributed by atoms with van der Waals surface area (Å²) in [7, 11) is 1.56. The number of imide groups is 1. The number of allylic oxidation sites excluding steroid dienone is 2. The molecule has 1 heterocycles. The smallest absolute Gasteiger partial charge is 0.255 e. The number of amides is 3. The SMILES string of the molecule is COc1cccc(NC(=O)c2cccc(N3C(=O)[C@H]4CC=C(C)C[C@H]4C3=O)c2)c1. The van der Waals surface area contributed by atoms with E-state index < -0.39 is 0 Å². The molecule has 0 bridgehead atoms. The Morgan fingerprint density at radius 1 is 1.07 bits per heavy atom. The summed E-state index contributed by atoms with van der Waals surface area (Å²) in [6, 6.07) is 13.7. The summed E-state index contributed by atoms with van der Waals surface area (Å²) < 4.78 is 5.17. The van der Waals surface area contributed by atoms with E-state index in [2.05, 4.69) is 5.32 Å². The number of anilines is 2. The zero-order valence-electron chi connectivity index (χ0n) is 16.3. The summed E-state index contributed by atoms with van der Waals surface area (Å²) >= 11 is 0. The Hall–Kier alpha value is -3.41. The van der Waals surface area contributed by atoms with Crippen molar-refractivity contribution in [1.82, 2.24) is 0 Å². The Morgan fingerprint density at radius 2 is 1.83 bits per heavy atom. The lowest BCUT2D eigenvalue weighted by atomic mass is 9.82. The van der Waals surface area contributed by atoms with E-state index in [0.717, 1.165) is 5.57 Å². The molecule has 1 aliphatic carbocycles. The molecule has 2 aliphatic rings. The second-order valence-corrected chi connectivity index (χ2v) is 7.45. The van der Waals surface area contributed by atoms with Gasteiger partial charge in [0.15, 0.2) is 0 Å². The maximum atomic E-state index is 12.9. The molecule has 0 radical (unpaired) electrons. The average molecular weight is 390 g/mol. The van der Waals surface area contributed by atoms with Crippen molar-refractivity contribution in [2.24, 2.45) is 11.8 Å². The van der Waals surface area contributed by atoms with Gasteiger partial charge >= 0.3 is 0 Å². The fourth-order valence-corrected chi connectivity index (χ4v) is 3.98. The summed E-state index contributed by atoms with van der Waals surface area (Å²) in [6.45, 7) is 1.99. The minimum Gasteiger partial charge on any atom is -0.497 e. The summed E-state index contributed by atoms with van der Waals surface area (Å²) in [6.07, 6.45) is 3.24. The van der Waals surface area contributed by atoms with Gasteiger partial charge in [-0.15, -0.1) is 0 Å². The first kappa shape index (κ1) is 18.9. The van der Waals surface area contributed by atoms with Gasteiger partial charge in [0.1, 0.15) is 5.75 Å². The Labute approximate surface area is 169 Å². The van der Waals surface area contributed by atoms with Crippen molar-refractivity contribution in [3.63, 3.8) is 0 Å². The molecule has 4 rings (SSSR count). The number of hydrogen-bond acceptors (Lipinski definition) is 4. The number of carbonyl (C=O) groups is 3. The van der Waals surface area contributed by atoms with Gasteiger partial charge in [0.2, 0.25) is 11.8 Å². The first-order valence-electron chi connectivity index (χ1n) is 9.57. The molecule has 2 aromatic rings.